The van der Waals surface area contributed by atoms with Crippen molar-refractivity contribution in [1.82, 2.24) is 0 Å². The summed E-state index contributed by atoms with van der Waals surface area (Å²) in [6.45, 7) is 7.18. The van der Waals surface area contributed by atoms with Crippen molar-refractivity contribution in [3.63, 3.8) is 0 Å². The number of fused-ring (bicyclic) bond motifs is 3. The van der Waals surface area contributed by atoms with E-state index in [4.69, 9.17) is 4.74 Å². The van der Waals surface area contributed by atoms with E-state index in [0.29, 0.717) is 13.0 Å². The van der Waals surface area contributed by atoms with E-state index in [1.54, 1.807) is 0 Å². The Kier molecular flexibility index (Phi) is 4.85. The molecule has 0 aromatic heterocycles. The molecule has 1 heterocycles. The average Bonchev–Trinajstić information content (AvgIpc) is 2.75. The summed E-state index contributed by atoms with van der Waals surface area (Å²) in [5, 5.41) is 6.05. The standard InChI is InChI=1S/C28H29NO2/c1-4-15-31-20-12-9-19(10-13-20)25-26-21-8-6-5-7-18(21)11-14-22(26)29-23-16-28(2,3)17-24(30)27(23)25/h5-14,25,29H,4,15-17H2,1-3H3. The molecule has 0 bridgehead atoms. The number of allylic oxidation sites excluding steroid dienone is 2. The van der Waals surface area contributed by atoms with Crippen LogP contribution >= 0.6 is 0 Å². The zero-order valence-corrected chi connectivity index (χ0v) is 18.5. The van der Waals surface area contributed by atoms with Crippen LogP contribution in [0.25, 0.3) is 10.8 Å². The highest BCUT2D eigenvalue weighted by atomic mass is 16.5. The van der Waals surface area contributed by atoms with Gasteiger partial charge < -0.3 is 10.1 Å². The van der Waals surface area contributed by atoms with Gasteiger partial charge in [0.05, 0.1) is 6.61 Å². The third-order valence-corrected chi connectivity index (χ3v) is 6.44. The molecule has 2 aliphatic rings. The van der Waals surface area contributed by atoms with Crippen LogP contribution in [0.1, 0.15) is 57.1 Å². The van der Waals surface area contributed by atoms with E-state index >= 15 is 0 Å². The summed E-state index contributed by atoms with van der Waals surface area (Å²) in [7, 11) is 0. The van der Waals surface area contributed by atoms with E-state index in [-0.39, 0.29) is 17.1 Å². The molecular formula is C28H29NO2. The van der Waals surface area contributed by atoms with Crippen LogP contribution < -0.4 is 10.1 Å². The molecule has 0 radical (unpaired) electrons. The van der Waals surface area contributed by atoms with Crippen LogP contribution in [0.2, 0.25) is 0 Å². The van der Waals surface area contributed by atoms with Crippen molar-refractivity contribution in [2.75, 3.05) is 11.9 Å². The minimum Gasteiger partial charge on any atom is -0.494 e. The summed E-state index contributed by atoms with van der Waals surface area (Å²) in [6, 6.07) is 21.1. The molecular weight excluding hydrogens is 382 g/mol. The lowest BCUT2D eigenvalue weighted by atomic mass is 9.68. The monoisotopic (exact) mass is 411 g/mol. The normalized spacial score (nSPS) is 19.6. The minimum absolute atomic E-state index is 0.0281. The van der Waals surface area contributed by atoms with Crippen molar-refractivity contribution < 1.29 is 9.53 Å². The minimum atomic E-state index is -0.0684. The number of benzene rings is 3. The average molecular weight is 412 g/mol. The van der Waals surface area contributed by atoms with Crippen molar-refractivity contribution in [2.24, 2.45) is 5.41 Å². The van der Waals surface area contributed by atoms with Crippen molar-refractivity contribution >= 4 is 22.2 Å². The summed E-state index contributed by atoms with van der Waals surface area (Å²) >= 11 is 0. The Labute approximate surface area is 184 Å². The van der Waals surface area contributed by atoms with Gasteiger partial charge >= 0.3 is 0 Å². The molecule has 0 spiro atoms. The summed E-state index contributed by atoms with van der Waals surface area (Å²) in [6.07, 6.45) is 2.45. The summed E-state index contributed by atoms with van der Waals surface area (Å²) in [5.74, 6) is 1.07. The highest BCUT2D eigenvalue weighted by Crippen LogP contribution is 2.50. The third kappa shape index (κ3) is 3.52. The van der Waals surface area contributed by atoms with E-state index in [2.05, 4.69) is 74.6 Å². The molecule has 0 fully saturated rings. The number of carbonyl (C=O) groups is 1. The largest absolute Gasteiger partial charge is 0.494 e. The van der Waals surface area contributed by atoms with Crippen LogP contribution in [0.3, 0.4) is 0 Å². The number of anilines is 1. The molecule has 1 unspecified atom stereocenters. The quantitative estimate of drug-likeness (QED) is 0.511. The summed E-state index contributed by atoms with van der Waals surface area (Å²) in [4.78, 5) is 13.5. The number of hydrogen-bond donors (Lipinski definition) is 1. The number of carbonyl (C=O) groups excluding carboxylic acids is 1. The molecule has 0 amide bonds. The number of Topliss-reactive ketones (excluding diaryl/α,β-unsaturated/α-hetero) is 1. The maximum Gasteiger partial charge on any atom is 0.162 e. The van der Waals surface area contributed by atoms with Gasteiger partial charge in [-0.15, -0.1) is 0 Å². The zero-order valence-electron chi connectivity index (χ0n) is 18.5. The molecule has 0 saturated carbocycles. The van der Waals surface area contributed by atoms with Gasteiger partial charge in [-0.1, -0.05) is 63.2 Å². The molecule has 1 aliphatic carbocycles. The molecule has 1 aliphatic heterocycles. The highest BCUT2D eigenvalue weighted by molar-refractivity contribution is 6.04. The number of ether oxygens (including phenoxy) is 1. The highest BCUT2D eigenvalue weighted by Gasteiger charge is 2.41. The van der Waals surface area contributed by atoms with Gasteiger partial charge in [-0.3, -0.25) is 4.79 Å². The first-order valence-corrected chi connectivity index (χ1v) is 11.2. The Balaban J connectivity index is 1.70. The first-order valence-electron chi connectivity index (χ1n) is 11.2. The SMILES string of the molecule is CCCOc1ccc(C2C3=C(CC(C)(C)CC3=O)Nc3ccc4ccccc4c32)cc1. The molecule has 1 atom stereocenters. The fraction of sp³-hybridized carbons (Fsp3) is 0.321. The Bertz CT molecular complexity index is 1190. The van der Waals surface area contributed by atoms with E-state index in [0.717, 1.165) is 41.1 Å². The van der Waals surface area contributed by atoms with Gasteiger partial charge in [0, 0.05) is 29.3 Å². The second-order valence-corrected chi connectivity index (χ2v) is 9.56. The number of rotatable bonds is 4. The van der Waals surface area contributed by atoms with Crippen LogP contribution in [-0.4, -0.2) is 12.4 Å². The van der Waals surface area contributed by atoms with Crippen LogP contribution in [0.15, 0.2) is 71.9 Å². The first-order chi connectivity index (χ1) is 15.0. The Morgan fingerprint density at radius 1 is 1.00 bits per heavy atom. The molecule has 5 rings (SSSR count). The molecule has 0 saturated heterocycles. The van der Waals surface area contributed by atoms with Crippen LogP contribution in [0, 0.1) is 5.41 Å². The second kappa shape index (κ2) is 7.56. The lowest BCUT2D eigenvalue weighted by Crippen LogP contribution is -2.33. The van der Waals surface area contributed by atoms with Gasteiger partial charge in [-0.05, 0) is 58.4 Å². The molecule has 3 aromatic carbocycles. The summed E-state index contributed by atoms with van der Waals surface area (Å²) in [5.41, 5.74) is 5.44. The van der Waals surface area contributed by atoms with Crippen LogP contribution in [-0.2, 0) is 4.79 Å². The second-order valence-electron chi connectivity index (χ2n) is 9.56. The topological polar surface area (TPSA) is 38.3 Å². The van der Waals surface area contributed by atoms with Gasteiger partial charge in [0.1, 0.15) is 5.75 Å². The first kappa shape index (κ1) is 19.9. The fourth-order valence-corrected chi connectivity index (χ4v) is 5.11. The van der Waals surface area contributed by atoms with Gasteiger partial charge in [-0.25, -0.2) is 0 Å². The number of hydrogen-bond acceptors (Lipinski definition) is 3. The number of nitrogens with one attached hydrogen (secondary N) is 1. The Morgan fingerprint density at radius 3 is 2.55 bits per heavy atom. The maximum absolute atomic E-state index is 13.5. The van der Waals surface area contributed by atoms with Crippen molar-refractivity contribution in [3.8, 4) is 5.75 Å². The summed E-state index contributed by atoms with van der Waals surface area (Å²) < 4.78 is 5.80. The van der Waals surface area contributed by atoms with Gasteiger partial charge in [0.2, 0.25) is 0 Å². The van der Waals surface area contributed by atoms with E-state index in [1.807, 2.05) is 12.1 Å². The predicted molar refractivity (Wildman–Crippen MR) is 127 cm³/mol. The predicted octanol–water partition coefficient (Wildman–Crippen LogP) is 6.83. The van der Waals surface area contributed by atoms with E-state index in [9.17, 15) is 4.79 Å². The van der Waals surface area contributed by atoms with Crippen molar-refractivity contribution in [1.29, 1.82) is 0 Å². The smallest absolute Gasteiger partial charge is 0.162 e. The maximum atomic E-state index is 13.5. The van der Waals surface area contributed by atoms with Crippen molar-refractivity contribution in [3.05, 3.63) is 83.1 Å². The van der Waals surface area contributed by atoms with Gasteiger partial charge in [-0.2, -0.15) is 0 Å². The molecule has 3 heteroatoms. The lowest BCUT2D eigenvalue weighted by molar-refractivity contribution is -0.118. The van der Waals surface area contributed by atoms with Gasteiger partial charge in [0.15, 0.2) is 5.78 Å². The molecule has 3 nitrogen and oxygen atoms in total. The van der Waals surface area contributed by atoms with Crippen LogP contribution in [0.5, 0.6) is 5.75 Å². The molecule has 158 valence electrons. The van der Waals surface area contributed by atoms with Crippen molar-refractivity contribution in [2.45, 2.75) is 46.0 Å². The molecule has 31 heavy (non-hydrogen) atoms. The fourth-order valence-electron chi connectivity index (χ4n) is 5.11. The zero-order chi connectivity index (χ0) is 21.6. The number of ketones is 1. The Hall–Kier alpha value is -3.07. The molecule has 3 aromatic rings. The van der Waals surface area contributed by atoms with E-state index in [1.165, 1.54) is 16.3 Å². The van der Waals surface area contributed by atoms with E-state index < -0.39 is 0 Å². The Morgan fingerprint density at radius 2 is 1.77 bits per heavy atom. The third-order valence-electron chi connectivity index (χ3n) is 6.44. The van der Waals surface area contributed by atoms with Crippen LogP contribution in [0.4, 0.5) is 5.69 Å². The van der Waals surface area contributed by atoms with Gasteiger partial charge in [0.25, 0.3) is 0 Å². The lowest BCUT2D eigenvalue weighted by Gasteiger charge is -2.40. The molecule has 1 N–H and O–H groups in total.